The molecule has 5 rings (SSSR count). The highest BCUT2D eigenvalue weighted by Gasteiger charge is 2.36. The Balaban J connectivity index is 1.39. The van der Waals surface area contributed by atoms with Crippen LogP contribution in [0.15, 0.2) is 53.3 Å². The van der Waals surface area contributed by atoms with E-state index in [2.05, 4.69) is 27.4 Å². The minimum Gasteiger partial charge on any atom is -0.378 e. The van der Waals surface area contributed by atoms with Crippen molar-refractivity contribution in [2.45, 2.75) is 64.1 Å². The average molecular weight is 524 g/mol. The Labute approximate surface area is 222 Å². The predicted molar refractivity (Wildman–Crippen MR) is 144 cm³/mol. The van der Waals surface area contributed by atoms with E-state index in [4.69, 9.17) is 16.3 Å². The molecule has 2 bridgehead atoms. The molecule has 1 amide bonds. The number of carbonyl (C=O) groups excluding carboxylic acids is 1. The molecule has 2 saturated heterocycles. The Kier molecular flexibility index (Phi) is 7.25. The first-order valence-electron chi connectivity index (χ1n) is 12.9. The lowest BCUT2D eigenvalue weighted by molar-refractivity contribution is -0.121. The van der Waals surface area contributed by atoms with Crippen LogP contribution in [0.1, 0.15) is 45.0 Å². The van der Waals surface area contributed by atoms with Crippen LogP contribution in [0.2, 0.25) is 5.02 Å². The molecule has 2 fully saturated rings. The zero-order chi connectivity index (χ0) is 26.2. The zero-order valence-electron chi connectivity index (χ0n) is 21.6. The molecule has 2 aromatic carbocycles. The van der Waals surface area contributed by atoms with Crippen LogP contribution in [0.5, 0.6) is 0 Å². The van der Waals surface area contributed by atoms with E-state index in [9.17, 15) is 9.59 Å². The van der Waals surface area contributed by atoms with Gasteiger partial charge in [0.2, 0.25) is 5.91 Å². The number of nitrogens with one attached hydrogen (secondary N) is 1. The first kappa shape index (κ1) is 25.7. The van der Waals surface area contributed by atoms with E-state index in [1.165, 1.54) is 27.7 Å². The summed E-state index contributed by atoms with van der Waals surface area (Å²) in [5.74, 6) is 0.140. The van der Waals surface area contributed by atoms with E-state index in [0.717, 1.165) is 26.2 Å². The van der Waals surface area contributed by atoms with E-state index < -0.39 is 5.54 Å². The zero-order valence-corrected chi connectivity index (χ0v) is 22.4. The molecular weight excluding hydrogens is 490 g/mol. The fourth-order valence-corrected chi connectivity index (χ4v) is 5.50. The number of amides is 1. The number of morpholine rings is 1. The Morgan fingerprint density at radius 3 is 2.43 bits per heavy atom. The van der Waals surface area contributed by atoms with Gasteiger partial charge in [0.1, 0.15) is 5.82 Å². The largest absolute Gasteiger partial charge is 0.378 e. The van der Waals surface area contributed by atoms with Crippen LogP contribution in [0.25, 0.3) is 11.4 Å². The average Bonchev–Trinajstić information content (AvgIpc) is 3.26. The summed E-state index contributed by atoms with van der Waals surface area (Å²) in [4.78, 5) is 28.8. The van der Waals surface area contributed by atoms with Crippen LogP contribution in [0, 0.1) is 0 Å². The van der Waals surface area contributed by atoms with Gasteiger partial charge in [-0.2, -0.15) is 4.68 Å². The van der Waals surface area contributed by atoms with Gasteiger partial charge in [0.15, 0.2) is 0 Å². The van der Waals surface area contributed by atoms with E-state index in [0.29, 0.717) is 34.3 Å². The van der Waals surface area contributed by atoms with Crippen molar-refractivity contribution < 1.29 is 9.53 Å². The molecular formula is C28H34ClN5O3. The smallest absolute Gasteiger partial charge is 0.355 e. The molecule has 2 atom stereocenters. The quantitative estimate of drug-likeness (QED) is 0.512. The topological polar surface area (TPSA) is 81.4 Å². The predicted octanol–water partition coefficient (Wildman–Crippen LogP) is 3.54. The summed E-state index contributed by atoms with van der Waals surface area (Å²) in [5.41, 5.74) is 1.69. The Hall–Kier alpha value is -2.94. The maximum atomic E-state index is 13.5. The number of hydrogen-bond acceptors (Lipinski definition) is 5. The van der Waals surface area contributed by atoms with Crippen LogP contribution in [0.4, 0.5) is 0 Å². The third kappa shape index (κ3) is 5.81. The molecule has 1 N–H and O–H groups in total. The molecule has 0 aliphatic carbocycles. The highest BCUT2D eigenvalue weighted by molar-refractivity contribution is 6.30. The SMILES string of the molecule is CC(C)(C)NC(=O)Cc1nn(-c2ccc(CCN3C4CCC3COC4)cc2)c(=O)n1-c1cccc(Cl)c1. The number of aromatic nitrogens is 3. The molecule has 37 heavy (non-hydrogen) atoms. The Bertz CT molecular complexity index is 1310. The highest BCUT2D eigenvalue weighted by atomic mass is 35.5. The summed E-state index contributed by atoms with van der Waals surface area (Å²) in [6, 6.07) is 16.0. The van der Waals surface area contributed by atoms with Crippen molar-refractivity contribution in [3.05, 3.63) is 75.4 Å². The van der Waals surface area contributed by atoms with Gasteiger partial charge in [-0.15, -0.1) is 5.10 Å². The van der Waals surface area contributed by atoms with E-state index in [1.807, 2.05) is 32.9 Å². The first-order chi connectivity index (χ1) is 17.7. The highest BCUT2D eigenvalue weighted by Crippen LogP contribution is 2.28. The number of fused-ring (bicyclic) bond motifs is 2. The van der Waals surface area contributed by atoms with Crippen LogP contribution < -0.4 is 11.0 Å². The third-order valence-electron chi connectivity index (χ3n) is 6.98. The lowest BCUT2D eigenvalue weighted by Gasteiger charge is -2.34. The lowest BCUT2D eigenvalue weighted by atomic mass is 10.1. The number of carbonyl (C=O) groups is 1. The molecule has 2 aliphatic rings. The van der Waals surface area contributed by atoms with E-state index in [1.54, 1.807) is 24.3 Å². The van der Waals surface area contributed by atoms with Crippen molar-refractivity contribution in [3.63, 3.8) is 0 Å². The van der Waals surface area contributed by atoms with Gasteiger partial charge in [-0.1, -0.05) is 29.8 Å². The number of hydrogen-bond donors (Lipinski definition) is 1. The molecule has 0 saturated carbocycles. The van der Waals surface area contributed by atoms with Gasteiger partial charge in [0.25, 0.3) is 0 Å². The van der Waals surface area contributed by atoms with Crippen LogP contribution in [-0.4, -0.2) is 62.5 Å². The van der Waals surface area contributed by atoms with E-state index in [-0.39, 0.29) is 18.0 Å². The van der Waals surface area contributed by atoms with Crippen molar-refractivity contribution in [2.24, 2.45) is 0 Å². The van der Waals surface area contributed by atoms with Gasteiger partial charge < -0.3 is 10.1 Å². The number of rotatable bonds is 7. The van der Waals surface area contributed by atoms with Gasteiger partial charge in [-0.3, -0.25) is 9.69 Å². The molecule has 9 heteroatoms. The van der Waals surface area contributed by atoms with Gasteiger partial charge in [0, 0.05) is 29.2 Å². The number of nitrogens with zero attached hydrogens (tertiary/aromatic N) is 4. The van der Waals surface area contributed by atoms with Crippen molar-refractivity contribution >= 4 is 17.5 Å². The first-order valence-corrected chi connectivity index (χ1v) is 13.3. The fourth-order valence-electron chi connectivity index (χ4n) is 5.31. The molecule has 2 aliphatic heterocycles. The molecule has 2 unspecified atom stereocenters. The van der Waals surface area contributed by atoms with Crippen molar-refractivity contribution in [3.8, 4) is 11.4 Å². The van der Waals surface area contributed by atoms with Crippen molar-refractivity contribution in [1.82, 2.24) is 24.6 Å². The van der Waals surface area contributed by atoms with Gasteiger partial charge >= 0.3 is 5.69 Å². The molecule has 3 heterocycles. The Morgan fingerprint density at radius 1 is 1.08 bits per heavy atom. The third-order valence-corrected chi connectivity index (χ3v) is 7.21. The van der Waals surface area contributed by atoms with E-state index >= 15 is 0 Å². The number of ether oxygens (including phenoxy) is 1. The van der Waals surface area contributed by atoms with Crippen LogP contribution in [-0.2, 0) is 22.4 Å². The monoisotopic (exact) mass is 523 g/mol. The summed E-state index contributed by atoms with van der Waals surface area (Å²) < 4.78 is 8.51. The normalized spacial score (nSPS) is 19.8. The standard InChI is InChI=1S/C28H34ClN5O3/c1-28(2,3)30-26(35)16-25-31-34(27(36)33(25)22-6-4-5-20(29)15-22)21-9-7-19(8-10-21)13-14-32-23-11-12-24(32)18-37-17-23/h4-10,15,23-24H,11-14,16-18H2,1-3H3,(H,30,35). The molecule has 1 aromatic heterocycles. The molecule has 3 aromatic rings. The number of halogens is 1. The number of benzene rings is 2. The minimum atomic E-state index is -0.391. The second-order valence-electron chi connectivity index (χ2n) is 11.0. The summed E-state index contributed by atoms with van der Waals surface area (Å²) >= 11 is 6.21. The maximum absolute atomic E-state index is 13.5. The molecule has 8 nitrogen and oxygen atoms in total. The summed E-state index contributed by atoms with van der Waals surface area (Å²) in [6.45, 7) is 8.43. The summed E-state index contributed by atoms with van der Waals surface area (Å²) in [5, 5.41) is 8.02. The van der Waals surface area contributed by atoms with Gasteiger partial charge in [0.05, 0.1) is 31.0 Å². The summed E-state index contributed by atoms with van der Waals surface area (Å²) in [6.07, 6.45) is 3.35. The van der Waals surface area contributed by atoms with Gasteiger partial charge in [-0.05, 0) is 75.9 Å². The second-order valence-corrected chi connectivity index (χ2v) is 11.4. The minimum absolute atomic E-state index is 0.0357. The van der Waals surface area contributed by atoms with Crippen molar-refractivity contribution in [2.75, 3.05) is 19.8 Å². The van der Waals surface area contributed by atoms with Crippen LogP contribution >= 0.6 is 11.6 Å². The van der Waals surface area contributed by atoms with Crippen molar-refractivity contribution in [1.29, 1.82) is 0 Å². The lowest BCUT2D eigenvalue weighted by Crippen LogP contribution is -2.46. The fraction of sp³-hybridized carbons (Fsp3) is 0.464. The summed E-state index contributed by atoms with van der Waals surface area (Å²) in [7, 11) is 0. The Morgan fingerprint density at radius 2 is 1.78 bits per heavy atom. The molecule has 0 radical (unpaired) electrons. The van der Waals surface area contributed by atoms with Crippen LogP contribution in [0.3, 0.4) is 0 Å². The van der Waals surface area contributed by atoms with Gasteiger partial charge in [-0.25, -0.2) is 9.36 Å². The molecule has 0 spiro atoms. The maximum Gasteiger partial charge on any atom is 0.355 e. The second kappa shape index (κ2) is 10.4. The molecule has 196 valence electrons.